The average molecular weight is 403 g/mol. The zero-order valence-corrected chi connectivity index (χ0v) is 14.8. The van der Waals surface area contributed by atoms with Gasteiger partial charge in [0.1, 0.15) is 11.5 Å². The predicted molar refractivity (Wildman–Crippen MR) is 95.3 cm³/mol. The lowest BCUT2D eigenvalue weighted by atomic mass is 9.98. The third-order valence-corrected chi connectivity index (χ3v) is 4.38. The summed E-state index contributed by atoms with van der Waals surface area (Å²) in [7, 11) is 0. The summed E-state index contributed by atoms with van der Waals surface area (Å²) in [4.78, 5) is 0. The molecule has 1 N–H and O–H groups in total. The molecule has 1 fully saturated rings. The second-order valence-corrected chi connectivity index (χ2v) is 6.41. The number of unbranched alkanes of at least 4 members (excludes halogenated alkanes) is 2. The first-order chi connectivity index (χ1) is 10.4. The van der Waals surface area contributed by atoms with Crippen molar-refractivity contribution in [1.29, 1.82) is 0 Å². The Bertz CT molecular complexity index is 394. The van der Waals surface area contributed by atoms with Crippen LogP contribution in [0.3, 0.4) is 0 Å². The fourth-order valence-corrected chi connectivity index (χ4v) is 3.05. The van der Waals surface area contributed by atoms with Gasteiger partial charge in [-0.2, -0.15) is 0 Å². The van der Waals surface area contributed by atoms with Crippen LogP contribution >= 0.6 is 22.9 Å². The molecule has 0 aromatic heterocycles. The molecule has 0 unspecified atom stereocenters. The highest BCUT2D eigenvalue weighted by molar-refractivity contribution is 14.1. The molecule has 21 heavy (non-hydrogen) atoms. The topological polar surface area (TPSA) is 30.5 Å². The second-order valence-electron chi connectivity index (χ2n) is 5.65. The molecule has 1 aliphatic rings. The van der Waals surface area contributed by atoms with Crippen LogP contribution < -0.4 is 13.0 Å². The van der Waals surface area contributed by atoms with Crippen LogP contribution in [0.5, 0.6) is 11.5 Å². The van der Waals surface area contributed by atoms with Crippen LogP contribution in [0, 0.1) is 0 Å². The fourth-order valence-electron chi connectivity index (χ4n) is 2.67. The minimum absolute atomic E-state index is 0.398. The van der Waals surface area contributed by atoms with Gasteiger partial charge in [-0.3, -0.25) is 3.53 Å². The van der Waals surface area contributed by atoms with Gasteiger partial charge in [0.15, 0.2) is 0 Å². The third kappa shape index (κ3) is 6.87. The molecule has 118 valence electrons. The molecule has 0 amide bonds. The number of hydrogen-bond acceptors (Lipinski definition) is 3. The van der Waals surface area contributed by atoms with Crippen LogP contribution in [0.2, 0.25) is 0 Å². The molecule has 0 aliphatic heterocycles. The molecule has 3 nitrogen and oxygen atoms in total. The van der Waals surface area contributed by atoms with Crippen molar-refractivity contribution in [3.63, 3.8) is 0 Å². The zero-order chi connectivity index (χ0) is 14.8. The molecule has 0 atom stereocenters. The predicted octanol–water partition coefficient (Wildman–Crippen LogP) is 4.89. The first kappa shape index (κ1) is 16.9. The van der Waals surface area contributed by atoms with Crippen molar-refractivity contribution in [3.05, 3.63) is 24.3 Å². The van der Waals surface area contributed by atoms with Gasteiger partial charge in [-0.1, -0.05) is 12.5 Å². The molecular weight excluding hydrogens is 377 g/mol. The molecular formula is C17H26INO2. The van der Waals surface area contributed by atoms with E-state index in [-0.39, 0.29) is 0 Å². The van der Waals surface area contributed by atoms with Crippen molar-refractivity contribution < 1.29 is 9.47 Å². The molecule has 0 radical (unpaired) electrons. The highest BCUT2D eigenvalue weighted by atomic mass is 127. The maximum atomic E-state index is 6.07. The Hall–Kier alpha value is -0.490. The highest BCUT2D eigenvalue weighted by Crippen LogP contribution is 2.26. The Kier molecular flexibility index (Phi) is 8.25. The zero-order valence-electron chi connectivity index (χ0n) is 12.7. The lowest BCUT2D eigenvalue weighted by Crippen LogP contribution is -2.19. The van der Waals surface area contributed by atoms with E-state index in [1.165, 1.54) is 44.9 Å². The Labute approximate surface area is 142 Å². The van der Waals surface area contributed by atoms with Gasteiger partial charge in [-0.15, -0.1) is 0 Å². The number of rotatable bonds is 9. The number of nitrogens with one attached hydrogen (secondary N) is 1. The lowest BCUT2D eigenvalue weighted by molar-refractivity contribution is 0.154. The molecule has 0 saturated heterocycles. The molecule has 0 heterocycles. The summed E-state index contributed by atoms with van der Waals surface area (Å²) < 4.78 is 15.0. The van der Waals surface area contributed by atoms with Gasteiger partial charge in [0.05, 0.1) is 12.7 Å². The van der Waals surface area contributed by atoms with E-state index in [0.29, 0.717) is 6.10 Å². The summed E-state index contributed by atoms with van der Waals surface area (Å²) in [5.74, 6) is 1.88. The molecule has 1 aliphatic carbocycles. The maximum Gasteiger partial charge on any atom is 0.123 e. The van der Waals surface area contributed by atoms with Crippen LogP contribution in [0.4, 0.5) is 0 Å². The number of halogens is 1. The van der Waals surface area contributed by atoms with Crippen molar-refractivity contribution >= 4 is 22.9 Å². The average Bonchev–Trinajstić information content (AvgIpc) is 2.52. The van der Waals surface area contributed by atoms with E-state index in [2.05, 4.69) is 26.4 Å². The highest BCUT2D eigenvalue weighted by Gasteiger charge is 2.14. The number of benzene rings is 1. The lowest BCUT2D eigenvalue weighted by Gasteiger charge is -2.23. The Balaban J connectivity index is 1.70. The quantitative estimate of drug-likeness (QED) is 0.362. The molecule has 0 bridgehead atoms. The maximum absolute atomic E-state index is 6.07. The normalized spacial score (nSPS) is 15.9. The van der Waals surface area contributed by atoms with Gasteiger partial charge < -0.3 is 9.47 Å². The summed E-state index contributed by atoms with van der Waals surface area (Å²) >= 11 is 2.19. The second kappa shape index (κ2) is 10.3. The molecule has 2 rings (SSSR count). The van der Waals surface area contributed by atoms with E-state index in [4.69, 9.17) is 9.47 Å². The van der Waals surface area contributed by atoms with Gasteiger partial charge in [0.25, 0.3) is 0 Å². The van der Waals surface area contributed by atoms with Crippen molar-refractivity contribution in [2.45, 2.75) is 57.5 Å². The van der Waals surface area contributed by atoms with E-state index in [1.54, 1.807) is 0 Å². The van der Waals surface area contributed by atoms with Crippen molar-refractivity contribution in [1.82, 2.24) is 3.53 Å². The summed E-state index contributed by atoms with van der Waals surface area (Å²) in [6.45, 7) is 1.86. The van der Waals surface area contributed by atoms with E-state index >= 15 is 0 Å². The number of ether oxygens (including phenoxy) is 2. The standard InChI is InChI=1S/C17H26INO2/c18-19-12-5-2-6-13-20-16-10-7-11-17(14-16)21-15-8-3-1-4-9-15/h7,10-11,14-15,19H,1-6,8-9,12-13H2. The van der Waals surface area contributed by atoms with Crippen molar-refractivity contribution in [2.24, 2.45) is 0 Å². The minimum atomic E-state index is 0.398. The summed E-state index contributed by atoms with van der Waals surface area (Å²) in [5, 5.41) is 0. The van der Waals surface area contributed by atoms with E-state index in [1.807, 2.05) is 24.3 Å². The Morgan fingerprint density at radius 3 is 2.67 bits per heavy atom. The summed E-state index contributed by atoms with van der Waals surface area (Å²) in [6, 6.07) is 8.10. The smallest absolute Gasteiger partial charge is 0.123 e. The van der Waals surface area contributed by atoms with Gasteiger partial charge >= 0.3 is 0 Å². The summed E-state index contributed by atoms with van der Waals surface area (Å²) in [5.41, 5.74) is 0. The van der Waals surface area contributed by atoms with E-state index < -0.39 is 0 Å². The SMILES string of the molecule is INCCCCCOc1cccc(OC2CCCCC2)c1. The van der Waals surface area contributed by atoms with Gasteiger partial charge in [0, 0.05) is 35.5 Å². The summed E-state index contributed by atoms with van der Waals surface area (Å²) in [6.07, 6.45) is 10.2. The Morgan fingerprint density at radius 2 is 1.86 bits per heavy atom. The van der Waals surface area contributed by atoms with Crippen LogP contribution in [-0.2, 0) is 0 Å². The van der Waals surface area contributed by atoms with Crippen LogP contribution in [0.15, 0.2) is 24.3 Å². The van der Waals surface area contributed by atoms with Crippen LogP contribution in [-0.4, -0.2) is 19.3 Å². The van der Waals surface area contributed by atoms with Gasteiger partial charge in [0.2, 0.25) is 0 Å². The van der Waals surface area contributed by atoms with Crippen molar-refractivity contribution in [3.8, 4) is 11.5 Å². The first-order valence-corrected chi connectivity index (χ1v) is 9.19. The van der Waals surface area contributed by atoms with E-state index in [0.717, 1.165) is 31.1 Å². The van der Waals surface area contributed by atoms with E-state index in [9.17, 15) is 0 Å². The van der Waals surface area contributed by atoms with Crippen LogP contribution in [0.1, 0.15) is 51.4 Å². The fraction of sp³-hybridized carbons (Fsp3) is 0.647. The monoisotopic (exact) mass is 403 g/mol. The van der Waals surface area contributed by atoms with Gasteiger partial charge in [-0.05, 0) is 57.1 Å². The Morgan fingerprint density at radius 1 is 1.05 bits per heavy atom. The molecule has 1 aromatic rings. The van der Waals surface area contributed by atoms with Crippen molar-refractivity contribution in [2.75, 3.05) is 13.2 Å². The van der Waals surface area contributed by atoms with Crippen LogP contribution in [0.25, 0.3) is 0 Å². The molecule has 4 heteroatoms. The molecule has 1 aromatic carbocycles. The largest absolute Gasteiger partial charge is 0.493 e. The first-order valence-electron chi connectivity index (χ1n) is 8.11. The molecule has 0 spiro atoms. The molecule has 1 saturated carbocycles. The van der Waals surface area contributed by atoms with Gasteiger partial charge in [-0.25, -0.2) is 0 Å². The number of hydrogen-bond donors (Lipinski definition) is 1. The third-order valence-electron chi connectivity index (χ3n) is 3.84. The minimum Gasteiger partial charge on any atom is -0.493 e.